The Balaban J connectivity index is 3.45. The topological polar surface area (TPSA) is 71.9 Å². The number of alkyl halides is 5. The van der Waals surface area contributed by atoms with Crippen LogP contribution in [-0.2, 0) is 13.0 Å². The molecule has 0 spiro atoms. The van der Waals surface area contributed by atoms with Crippen LogP contribution in [0, 0.1) is 11.3 Å². The highest BCUT2D eigenvalue weighted by Gasteiger charge is 2.35. The largest absolute Gasteiger partial charge is 0.573 e. The lowest BCUT2D eigenvalue weighted by Crippen LogP contribution is -2.21. The predicted octanol–water partition coefficient (Wildman–Crippen LogP) is 2.44. The summed E-state index contributed by atoms with van der Waals surface area (Å²) >= 11 is 0. The summed E-state index contributed by atoms with van der Waals surface area (Å²) in [4.78, 5) is 3.52. The molecule has 0 saturated heterocycles. The Bertz CT molecular complexity index is 495. The van der Waals surface area contributed by atoms with E-state index in [1.807, 2.05) is 0 Å². The molecule has 1 rings (SSSR count). The van der Waals surface area contributed by atoms with Crippen molar-refractivity contribution < 1.29 is 26.7 Å². The van der Waals surface area contributed by atoms with Crippen molar-refractivity contribution in [3.63, 3.8) is 0 Å². The van der Waals surface area contributed by atoms with Crippen molar-refractivity contribution in [3.05, 3.63) is 23.0 Å². The van der Waals surface area contributed by atoms with Gasteiger partial charge in [-0.25, -0.2) is 8.78 Å². The van der Waals surface area contributed by atoms with Crippen molar-refractivity contribution in [1.82, 2.24) is 4.98 Å². The minimum atomic E-state index is -5.15. The SMILES string of the molecule is N#CCc1cnc(CN)c(C(F)F)c1OC(F)(F)F. The first-order valence-corrected chi connectivity index (χ1v) is 4.91. The maximum Gasteiger partial charge on any atom is 0.573 e. The number of nitrogens with two attached hydrogens (primary N) is 1. The summed E-state index contributed by atoms with van der Waals surface area (Å²) in [6.45, 7) is -0.472. The molecule has 19 heavy (non-hydrogen) atoms. The number of hydrogen-bond donors (Lipinski definition) is 1. The second-order valence-corrected chi connectivity index (χ2v) is 3.36. The number of ether oxygens (including phenoxy) is 1. The molecule has 2 N–H and O–H groups in total. The Morgan fingerprint density at radius 2 is 2.05 bits per heavy atom. The summed E-state index contributed by atoms with van der Waals surface area (Å²) in [7, 11) is 0. The first-order chi connectivity index (χ1) is 8.80. The monoisotopic (exact) mass is 281 g/mol. The number of aromatic nitrogens is 1. The maximum atomic E-state index is 12.8. The zero-order valence-electron chi connectivity index (χ0n) is 9.34. The first-order valence-electron chi connectivity index (χ1n) is 4.91. The number of rotatable bonds is 4. The predicted molar refractivity (Wildman–Crippen MR) is 53.1 cm³/mol. The van der Waals surface area contributed by atoms with Gasteiger partial charge in [-0.1, -0.05) is 0 Å². The van der Waals surface area contributed by atoms with Crippen LogP contribution >= 0.6 is 0 Å². The second kappa shape index (κ2) is 5.79. The third-order valence-corrected chi connectivity index (χ3v) is 2.12. The normalized spacial score (nSPS) is 11.5. The molecule has 0 bridgehead atoms. The standard InChI is InChI=1S/C10H8F5N3O/c11-9(12)7-6(3-17)18-4-5(1-2-16)8(7)19-10(13,14)15/h4,9H,1,3,17H2. The molecule has 9 heteroatoms. The van der Waals surface area contributed by atoms with Gasteiger partial charge in [0, 0.05) is 18.3 Å². The van der Waals surface area contributed by atoms with E-state index in [-0.39, 0.29) is 5.56 Å². The van der Waals surface area contributed by atoms with E-state index in [0.29, 0.717) is 0 Å². The van der Waals surface area contributed by atoms with Gasteiger partial charge in [-0.15, -0.1) is 13.2 Å². The molecule has 0 aromatic carbocycles. The van der Waals surface area contributed by atoms with Crippen LogP contribution < -0.4 is 10.5 Å². The van der Waals surface area contributed by atoms with Crippen LogP contribution in [0.2, 0.25) is 0 Å². The molecule has 0 atom stereocenters. The van der Waals surface area contributed by atoms with Crippen LogP contribution in [-0.4, -0.2) is 11.3 Å². The maximum absolute atomic E-state index is 12.8. The number of halogens is 5. The summed E-state index contributed by atoms with van der Waals surface area (Å²) in [6, 6.07) is 1.55. The molecule has 1 aromatic heterocycles. The molecule has 0 fully saturated rings. The average Bonchev–Trinajstić information content (AvgIpc) is 2.28. The zero-order valence-corrected chi connectivity index (χ0v) is 9.34. The van der Waals surface area contributed by atoms with E-state index in [2.05, 4.69) is 9.72 Å². The van der Waals surface area contributed by atoms with E-state index in [4.69, 9.17) is 11.0 Å². The van der Waals surface area contributed by atoms with Crippen LogP contribution in [0.15, 0.2) is 6.20 Å². The Kier molecular flexibility index (Phi) is 4.61. The van der Waals surface area contributed by atoms with E-state index in [1.165, 1.54) is 0 Å². The van der Waals surface area contributed by atoms with E-state index < -0.39 is 42.8 Å². The van der Waals surface area contributed by atoms with Gasteiger partial charge in [-0.3, -0.25) is 4.98 Å². The van der Waals surface area contributed by atoms with E-state index >= 15 is 0 Å². The van der Waals surface area contributed by atoms with Crippen molar-refractivity contribution >= 4 is 0 Å². The van der Waals surface area contributed by atoms with Gasteiger partial charge in [0.05, 0.1) is 23.7 Å². The van der Waals surface area contributed by atoms with Crippen LogP contribution in [0.25, 0.3) is 0 Å². The molecule has 0 aliphatic rings. The van der Waals surface area contributed by atoms with Crippen LogP contribution in [0.5, 0.6) is 5.75 Å². The molecule has 0 amide bonds. The molecule has 0 unspecified atom stereocenters. The number of pyridine rings is 1. The van der Waals surface area contributed by atoms with Crippen LogP contribution in [0.1, 0.15) is 23.2 Å². The Morgan fingerprint density at radius 3 is 2.47 bits per heavy atom. The van der Waals surface area contributed by atoms with Gasteiger partial charge >= 0.3 is 6.36 Å². The smallest absolute Gasteiger partial charge is 0.405 e. The zero-order chi connectivity index (χ0) is 14.6. The summed E-state index contributed by atoms with van der Waals surface area (Å²) < 4.78 is 66.0. The molecule has 1 heterocycles. The van der Waals surface area contributed by atoms with E-state index in [9.17, 15) is 22.0 Å². The van der Waals surface area contributed by atoms with Gasteiger partial charge in [0.15, 0.2) is 0 Å². The Hall–Kier alpha value is -1.95. The van der Waals surface area contributed by atoms with Gasteiger partial charge in [0.2, 0.25) is 0 Å². The van der Waals surface area contributed by atoms with E-state index in [1.54, 1.807) is 6.07 Å². The fraction of sp³-hybridized carbons (Fsp3) is 0.400. The summed E-state index contributed by atoms with van der Waals surface area (Å²) in [5.41, 5.74) is 3.34. The molecular weight excluding hydrogens is 273 g/mol. The third-order valence-electron chi connectivity index (χ3n) is 2.12. The fourth-order valence-corrected chi connectivity index (χ4v) is 1.42. The lowest BCUT2D eigenvalue weighted by molar-refractivity contribution is -0.275. The third kappa shape index (κ3) is 3.75. The second-order valence-electron chi connectivity index (χ2n) is 3.36. The summed E-state index contributed by atoms with van der Waals surface area (Å²) in [5, 5.41) is 8.47. The lowest BCUT2D eigenvalue weighted by Gasteiger charge is -2.17. The molecule has 104 valence electrons. The highest BCUT2D eigenvalue weighted by atomic mass is 19.4. The lowest BCUT2D eigenvalue weighted by atomic mass is 10.1. The van der Waals surface area contributed by atoms with Gasteiger partial charge in [0.1, 0.15) is 5.75 Å². The number of nitrogens with zero attached hydrogens (tertiary/aromatic N) is 2. The molecule has 0 aliphatic heterocycles. The quantitative estimate of drug-likeness (QED) is 0.860. The molecule has 0 aliphatic carbocycles. The number of nitriles is 1. The van der Waals surface area contributed by atoms with Gasteiger partial charge < -0.3 is 10.5 Å². The van der Waals surface area contributed by atoms with Crippen molar-refractivity contribution in [2.75, 3.05) is 0 Å². The average molecular weight is 281 g/mol. The van der Waals surface area contributed by atoms with Gasteiger partial charge in [-0.05, 0) is 0 Å². The minimum Gasteiger partial charge on any atom is -0.405 e. The molecule has 1 aromatic rings. The van der Waals surface area contributed by atoms with Crippen molar-refractivity contribution in [1.29, 1.82) is 5.26 Å². The van der Waals surface area contributed by atoms with Crippen molar-refractivity contribution in [2.45, 2.75) is 25.8 Å². The summed E-state index contributed by atoms with van der Waals surface area (Å²) in [6.07, 6.45) is -8.07. The van der Waals surface area contributed by atoms with Crippen molar-refractivity contribution in [2.24, 2.45) is 5.73 Å². The highest BCUT2D eigenvalue weighted by Crippen LogP contribution is 2.37. The van der Waals surface area contributed by atoms with Crippen LogP contribution in [0.3, 0.4) is 0 Å². The molecule has 4 nitrogen and oxygen atoms in total. The van der Waals surface area contributed by atoms with E-state index in [0.717, 1.165) is 6.20 Å². The fourth-order valence-electron chi connectivity index (χ4n) is 1.42. The van der Waals surface area contributed by atoms with Gasteiger partial charge in [0.25, 0.3) is 6.43 Å². The summed E-state index contributed by atoms with van der Waals surface area (Å²) in [5.74, 6) is -1.10. The highest BCUT2D eigenvalue weighted by molar-refractivity contribution is 5.45. The molecule has 0 radical (unpaired) electrons. The van der Waals surface area contributed by atoms with Crippen molar-refractivity contribution in [3.8, 4) is 11.8 Å². The Morgan fingerprint density at radius 1 is 1.42 bits per heavy atom. The van der Waals surface area contributed by atoms with Gasteiger partial charge in [-0.2, -0.15) is 5.26 Å². The first kappa shape index (κ1) is 15.1. The number of hydrogen-bond acceptors (Lipinski definition) is 4. The molecular formula is C10H8F5N3O. The van der Waals surface area contributed by atoms with Crippen LogP contribution in [0.4, 0.5) is 22.0 Å². The molecule has 0 saturated carbocycles. The minimum absolute atomic E-state index is 0.368. The Labute approximate surface area is 104 Å².